The minimum absolute atomic E-state index is 0.0597. The van der Waals surface area contributed by atoms with Crippen LogP contribution >= 0.6 is 11.6 Å². The van der Waals surface area contributed by atoms with Gasteiger partial charge in [-0.15, -0.1) is 0 Å². The number of alkyl halides is 4. The summed E-state index contributed by atoms with van der Waals surface area (Å²) >= 11 is 5.57. The van der Waals surface area contributed by atoms with Crippen LogP contribution in [0, 0.1) is 0 Å². The van der Waals surface area contributed by atoms with Gasteiger partial charge in [-0.05, 0) is 49.3 Å². The normalized spacial score (nSPS) is 22.9. The van der Waals surface area contributed by atoms with Crippen molar-refractivity contribution in [2.24, 2.45) is 0 Å². The van der Waals surface area contributed by atoms with Crippen LogP contribution in [-0.2, 0) is 20.5 Å². The Kier molecular flexibility index (Phi) is 6.35. The molecule has 0 saturated heterocycles. The van der Waals surface area contributed by atoms with Crippen molar-refractivity contribution in [2.45, 2.75) is 74.5 Å². The quantitative estimate of drug-likeness (QED) is 0.570. The Morgan fingerprint density at radius 3 is 2.29 bits per heavy atom. The fourth-order valence-electron chi connectivity index (χ4n) is 4.50. The fraction of sp³-hybridized carbons (Fsp3) is 0.500. The van der Waals surface area contributed by atoms with Gasteiger partial charge in [0.05, 0.1) is 0 Å². The lowest BCUT2D eigenvalue weighted by Crippen LogP contribution is -2.59. The van der Waals surface area contributed by atoms with Crippen molar-refractivity contribution in [3.8, 4) is 0 Å². The molecular weight excluding hydrogens is 469 g/mol. The van der Waals surface area contributed by atoms with Crippen molar-refractivity contribution >= 4 is 29.1 Å². The molecule has 3 atom stereocenters. The van der Waals surface area contributed by atoms with E-state index in [4.69, 9.17) is 11.6 Å². The first kappa shape index (κ1) is 24.4. The molecule has 6 nitrogen and oxygen atoms in total. The van der Waals surface area contributed by atoms with Gasteiger partial charge >= 0.3 is 0 Å². The van der Waals surface area contributed by atoms with Crippen LogP contribution in [0.5, 0.6) is 0 Å². The Morgan fingerprint density at radius 2 is 1.79 bits per heavy atom. The highest BCUT2D eigenvalue weighted by atomic mass is 35.5. The Hall–Kier alpha value is -2.68. The van der Waals surface area contributed by atoms with Crippen molar-refractivity contribution in [1.29, 1.82) is 0 Å². The number of nitrogens with one attached hydrogen (secondary N) is 1. The summed E-state index contributed by atoms with van der Waals surface area (Å²) in [6.07, 6.45) is 5.21. The van der Waals surface area contributed by atoms with Gasteiger partial charge in [0.2, 0.25) is 5.92 Å². The third-order valence-electron chi connectivity index (χ3n) is 6.98. The predicted octanol–water partition coefficient (Wildman–Crippen LogP) is 4.61. The largest absolute Gasteiger partial charge is 0.351 e. The van der Waals surface area contributed by atoms with Crippen molar-refractivity contribution in [1.82, 2.24) is 15.3 Å². The van der Waals surface area contributed by atoms with Gasteiger partial charge in [0, 0.05) is 42.5 Å². The maximum Gasteiger partial charge on any atom is 0.278 e. The number of rotatable bonds is 7. The zero-order valence-corrected chi connectivity index (χ0v) is 19.7. The van der Waals surface area contributed by atoms with E-state index < -0.39 is 41.4 Å². The molecule has 2 aliphatic carbocycles. The van der Waals surface area contributed by atoms with Gasteiger partial charge in [-0.25, -0.2) is 23.1 Å². The maximum atomic E-state index is 14.2. The second-order valence-electron chi connectivity index (χ2n) is 9.55. The van der Waals surface area contributed by atoms with Crippen LogP contribution in [0.2, 0.25) is 0 Å². The Balaban J connectivity index is 1.77. The van der Waals surface area contributed by atoms with E-state index in [1.807, 2.05) is 12.1 Å². The number of hydrogen-bond donors (Lipinski definition) is 1. The Morgan fingerprint density at radius 1 is 1.18 bits per heavy atom. The first-order valence-electron chi connectivity index (χ1n) is 11.1. The number of amides is 2. The monoisotopic (exact) mass is 494 g/mol. The van der Waals surface area contributed by atoms with Gasteiger partial charge in [0.1, 0.15) is 6.33 Å². The number of halogens is 4. The molecule has 0 aliphatic heterocycles. The average Bonchev–Trinajstić information content (AvgIpc) is 3.47. The van der Waals surface area contributed by atoms with Gasteiger partial charge < -0.3 is 5.32 Å². The zero-order chi connectivity index (χ0) is 24.7. The molecule has 1 heterocycles. The molecular formula is C24H26ClF3N4O2. The summed E-state index contributed by atoms with van der Waals surface area (Å²) in [7, 11) is 0. The highest BCUT2D eigenvalue weighted by molar-refractivity contribution is 6.32. The standard InChI is InChI=1S/C24H26ClF3N4O2/c1-22(9-10-22)15-3-5-18(6-4-15)32(20(33)19(25)26)23(2,16-12-29-14-30-13-16)21(34)31-17-7-8-24(27,28)11-17/h3-6,12-14,17,19H,7-11H2,1-2H3,(H,31,34)/t17-,19+,23+/m1/s1. The number of aromatic nitrogens is 2. The number of benzene rings is 1. The lowest BCUT2D eigenvalue weighted by molar-refractivity contribution is -0.131. The van der Waals surface area contributed by atoms with E-state index in [2.05, 4.69) is 22.2 Å². The molecule has 2 saturated carbocycles. The Labute approximate surface area is 200 Å². The lowest BCUT2D eigenvalue weighted by Gasteiger charge is -2.40. The Bertz CT molecular complexity index is 1060. The molecule has 2 fully saturated rings. The topological polar surface area (TPSA) is 75.2 Å². The molecule has 34 heavy (non-hydrogen) atoms. The number of anilines is 1. The molecule has 182 valence electrons. The molecule has 2 aromatic rings. The fourth-order valence-corrected chi connectivity index (χ4v) is 4.60. The maximum absolute atomic E-state index is 14.2. The molecule has 1 N–H and O–H groups in total. The first-order valence-corrected chi connectivity index (χ1v) is 11.6. The van der Waals surface area contributed by atoms with E-state index in [-0.39, 0.29) is 29.5 Å². The number of carbonyl (C=O) groups excluding carboxylic acids is 2. The molecule has 0 bridgehead atoms. The van der Waals surface area contributed by atoms with Gasteiger partial charge in [0.15, 0.2) is 5.54 Å². The number of carbonyl (C=O) groups is 2. The van der Waals surface area contributed by atoms with E-state index in [1.165, 1.54) is 25.6 Å². The number of hydrogen-bond acceptors (Lipinski definition) is 4. The molecule has 1 aromatic heterocycles. The van der Waals surface area contributed by atoms with Gasteiger partial charge in [-0.2, -0.15) is 0 Å². The smallest absolute Gasteiger partial charge is 0.278 e. The highest BCUT2D eigenvalue weighted by Crippen LogP contribution is 2.48. The zero-order valence-electron chi connectivity index (χ0n) is 18.9. The second-order valence-corrected chi connectivity index (χ2v) is 9.93. The predicted molar refractivity (Wildman–Crippen MR) is 121 cm³/mol. The van der Waals surface area contributed by atoms with E-state index in [0.29, 0.717) is 0 Å². The summed E-state index contributed by atoms with van der Waals surface area (Å²) < 4.78 is 41.8. The molecule has 0 unspecified atom stereocenters. The van der Waals surface area contributed by atoms with Crippen molar-refractivity contribution in [3.05, 3.63) is 54.1 Å². The molecule has 10 heteroatoms. The third-order valence-corrected chi connectivity index (χ3v) is 7.17. The van der Waals surface area contributed by atoms with E-state index >= 15 is 0 Å². The van der Waals surface area contributed by atoms with Crippen LogP contribution in [-0.4, -0.2) is 39.4 Å². The van der Waals surface area contributed by atoms with Crippen molar-refractivity contribution < 1.29 is 22.8 Å². The van der Waals surface area contributed by atoms with E-state index in [0.717, 1.165) is 23.3 Å². The van der Waals surface area contributed by atoms with Gasteiger partial charge in [-0.3, -0.25) is 14.5 Å². The molecule has 2 amide bonds. The van der Waals surface area contributed by atoms with Crippen LogP contribution in [0.15, 0.2) is 43.0 Å². The number of nitrogens with zero attached hydrogens (tertiary/aromatic N) is 3. The van der Waals surface area contributed by atoms with Gasteiger partial charge in [-0.1, -0.05) is 30.7 Å². The summed E-state index contributed by atoms with van der Waals surface area (Å²) in [6, 6.07) is 6.14. The minimum atomic E-state index is -2.88. The van der Waals surface area contributed by atoms with Crippen molar-refractivity contribution in [3.63, 3.8) is 0 Å². The molecule has 0 spiro atoms. The lowest BCUT2D eigenvalue weighted by atomic mass is 9.89. The minimum Gasteiger partial charge on any atom is -0.351 e. The first-order chi connectivity index (χ1) is 16.0. The van der Waals surface area contributed by atoms with Crippen LogP contribution in [0.25, 0.3) is 0 Å². The third kappa shape index (κ3) is 4.62. The second kappa shape index (κ2) is 8.83. The van der Waals surface area contributed by atoms with E-state index in [9.17, 15) is 22.8 Å². The summed E-state index contributed by atoms with van der Waals surface area (Å²) in [5.41, 5.74) is -2.76. The molecule has 4 rings (SSSR count). The SMILES string of the molecule is CC1(c2ccc(N(C(=O)[C@H](F)Cl)[C@](C)(C(=O)N[C@@H]3CCC(F)(F)C3)c3cncnc3)cc2)CC1. The van der Waals surface area contributed by atoms with Crippen LogP contribution in [0.3, 0.4) is 0 Å². The van der Waals surface area contributed by atoms with Gasteiger partial charge in [0.25, 0.3) is 17.4 Å². The van der Waals surface area contributed by atoms with E-state index in [1.54, 1.807) is 12.1 Å². The van der Waals surface area contributed by atoms with Crippen LogP contribution in [0.1, 0.15) is 57.1 Å². The molecule has 2 aliphatic rings. The van der Waals surface area contributed by atoms with Crippen LogP contribution < -0.4 is 10.2 Å². The van der Waals surface area contributed by atoms with Crippen molar-refractivity contribution in [2.75, 3.05) is 4.90 Å². The summed E-state index contributed by atoms with van der Waals surface area (Å²) in [6.45, 7) is 3.53. The molecule has 1 aromatic carbocycles. The summed E-state index contributed by atoms with van der Waals surface area (Å²) in [5.74, 6) is -4.80. The summed E-state index contributed by atoms with van der Waals surface area (Å²) in [4.78, 5) is 35.6. The molecule has 0 radical (unpaired) electrons. The summed E-state index contributed by atoms with van der Waals surface area (Å²) in [5, 5.41) is 2.63. The van der Waals surface area contributed by atoms with Crippen LogP contribution in [0.4, 0.5) is 18.9 Å². The highest BCUT2D eigenvalue weighted by Gasteiger charge is 2.49. The average molecular weight is 495 g/mol.